The molecule has 0 aliphatic heterocycles. The van der Waals surface area contributed by atoms with E-state index in [0.29, 0.717) is 33.9 Å². The summed E-state index contributed by atoms with van der Waals surface area (Å²) in [5.41, 5.74) is 8.62. The van der Waals surface area contributed by atoms with Crippen molar-refractivity contribution < 1.29 is 4.74 Å². The van der Waals surface area contributed by atoms with Gasteiger partial charge in [0.1, 0.15) is 34.1 Å². The second kappa shape index (κ2) is 7.06. The van der Waals surface area contributed by atoms with Crippen molar-refractivity contribution in [3.05, 3.63) is 46.8 Å². The highest BCUT2D eigenvalue weighted by Gasteiger charge is 2.18. The Bertz CT molecular complexity index is 1000. The third-order valence-electron chi connectivity index (χ3n) is 3.63. The molecule has 132 valence electrons. The van der Waals surface area contributed by atoms with Crippen molar-refractivity contribution in [1.82, 2.24) is 19.7 Å². The van der Waals surface area contributed by atoms with Gasteiger partial charge in [0.2, 0.25) is 5.88 Å². The van der Waals surface area contributed by atoms with E-state index < -0.39 is 0 Å². The van der Waals surface area contributed by atoms with E-state index in [0.717, 1.165) is 11.1 Å². The molecule has 0 aliphatic rings. The molecule has 0 unspecified atom stereocenters. The van der Waals surface area contributed by atoms with Gasteiger partial charge in [0.05, 0.1) is 0 Å². The number of nitrogen functional groups attached to an aromatic ring is 1. The van der Waals surface area contributed by atoms with Crippen molar-refractivity contribution in [2.24, 2.45) is 0 Å². The van der Waals surface area contributed by atoms with Crippen molar-refractivity contribution in [3.8, 4) is 23.5 Å². The Morgan fingerprint density at radius 3 is 2.38 bits per heavy atom. The highest BCUT2D eigenvalue weighted by molar-refractivity contribution is 7.98. The van der Waals surface area contributed by atoms with Crippen LogP contribution < -0.4 is 10.5 Å². The maximum absolute atomic E-state index is 9.29. The molecule has 3 rings (SSSR count). The van der Waals surface area contributed by atoms with Crippen LogP contribution in [0.1, 0.15) is 22.5 Å². The summed E-state index contributed by atoms with van der Waals surface area (Å²) in [5.74, 6) is 2.29. The van der Waals surface area contributed by atoms with E-state index >= 15 is 0 Å². The van der Waals surface area contributed by atoms with Crippen LogP contribution in [-0.4, -0.2) is 26.0 Å². The van der Waals surface area contributed by atoms with E-state index in [2.05, 4.69) is 27.2 Å². The first-order valence-corrected chi connectivity index (χ1v) is 9.08. The van der Waals surface area contributed by atoms with Crippen molar-refractivity contribution >= 4 is 17.6 Å². The normalized spacial score (nSPS) is 10.6. The summed E-state index contributed by atoms with van der Waals surface area (Å²) in [6, 6.07) is 9.68. The Labute approximate surface area is 155 Å². The molecule has 3 aromatic rings. The van der Waals surface area contributed by atoms with Gasteiger partial charge in [-0.05, 0) is 50.3 Å². The van der Waals surface area contributed by atoms with E-state index in [1.54, 1.807) is 13.0 Å². The van der Waals surface area contributed by atoms with Crippen LogP contribution in [0, 0.1) is 32.1 Å². The van der Waals surface area contributed by atoms with E-state index in [1.165, 1.54) is 16.4 Å². The van der Waals surface area contributed by atoms with E-state index in [9.17, 15) is 5.26 Å². The SMILES string of the molecule is CSc1nn(-c2cc(Oc3cc(C)cc(C)c3)nc(C)n2)c(N)c1C#N. The fourth-order valence-corrected chi connectivity index (χ4v) is 3.15. The number of hydrogen-bond acceptors (Lipinski definition) is 7. The number of rotatable bonds is 4. The molecule has 0 aliphatic carbocycles. The Balaban J connectivity index is 2.04. The molecule has 2 aromatic heterocycles. The lowest BCUT2D eigenvalue weighted by Crippen LogP contribution is -2.07. The van der Waals surface area contributed by atoms with Gasteiger partial charge in [-0.1, -0.05) is 6.07 Å². The number of ether oxygens (including phenoxy) is 1. The molecule has 0 spiro atoms. The highest BCUT2D eigenvalue weighted by atomic mass is 32.2. The highest BCUT2D eigenvalue weighted by Crippen LogP contribution is 2.28. The number of anilines is 1. The average Bonchev–Trinajstić information content (AvgIpc) is 2.89. The Morgan fingerprint density at radius 1 is 1.12 bits per heavy atom. The van der Waals surface area contributed by atoms with Crippen LogP contribution in [0.15, 0.2) is 29.3 Å². The number of nitriles is 1. The zero-order valence-electron chi connectivity index (χ0n) is 14.9. The van der Waals surface area contributed by atoms with E-state index in [4.69, 9.17) is 10.5 Å². The molecule has 7 nitrogen and oxygen atoms in total. The third kappa shape index (κ3) is 3.48. The molecule has 0 radical (unpaired) electrons. The molecule has 2 N–H and O–H groups in total. The van der Waals surface area contributed by atoms with Crippen LogP contribution in [0.2, 0.25) is 0 Å². The summed E-state index contributed by atoms with van der Waals surface area (Å²) in [5, 5.41) is 14.2. The number of benzene rings is 1. The molecule has 1 aromatic carbocycles. The maximum atomic E-state index is 9.29. The molecule has 8 heteroatoms. The summed E-state index contributed by atoms with van der Waals surface area (Å²) >= 11 is 1.35. The molecule has 26 heavy (non-hydrogen) atoms. The largest absolute Gasteiger partial charge is 0.439 e. The Morgan fingerprint density at radius 2 is 1.81 bits per heavy atom. The molecule has 0 amide bonds. The lowest BCUT2D eigenvalue weighted by Gasteiger charge is -2.10. The zero-order valence-corrected chi connectivity index (χ0v) is 15.8. The number of nitrogens with two attached hydrogens (primary N) is 1. The van der Waals surface area contributed by atoms with Gasteiger partial charge < -0.3 is 10.5 Å². The van der Waals surface area contributed by atoms with Gasteiger partial charge in [-0.2, -0.15) is 20.0 Å². The Kier molecular flexibility index (Phi) is 4.82. The monoisotopic (exact) mass is 366 g/mol. The van der Waals surface area contributed by atoms with Crippen molar-refractivity contribution in [2.75, 3.05) is 12.0 Å². The summed E-state index contributed by atoms with van der Waals surface area (Å²) in [6.07, 6.45) is 1.84. The number of aryl methyl sites for hydroxylation is 3. The summed E-state index contributed by atoms with van der Waals surface area (Å²) in [4.78, 5) is 8.70. The quantitative estimate of drug-likeness (QED) is 0.704. The fraction of sp³-hybridized carbons (Fsp3) is 0.222. The van der Waals surface area contributed by atoms with Crippen molar-refractivity contribution in [1.29, 1.82) is 5.26 Å². The minimum Gasteiger partial charge on any atom is -0.439 e. The van der Waals surface area contributed by atoms with Gasteiger partial charge >= 0.3 is 0 Å². The minimum atomic E-state index is 0.243. The van der Waals surface area contributed by atoms with Gasteiger partial charge in [0.25, 0.3) is 0 Å². The molecule has 0 bridgehead atoms. The summed E-state index contributed by atoms with van der Waals surface area (Å²) in [7, 11) is 0. The van der Waals surface area contributed by atoms with Crippen LogP contribution in [0.5, 0.6) is 11.6 Å². The van der Waals surface area contributed by atoms with Crippen LogP contribution in [-0.2, 0) is 0 Å². The summed E-state index contributed by atoms with van der Waals surface area (Å²) < 4.78 is 7.35. The van der Waals surface area contributed by atoms with Crippen LogP contribution in [0.25, 0.3) is 5.82 Å². The van der Waals surface area contributed by atoms with Crippen molar-refractivity contribution in [3.63, 3.8) is 0 Å². The van der Waals surface area contributed by atoms with E-state index in [1.807, 2.05) is 32.2 Å². The smallest absolute Gasteiger partial charge is 0.224 e. The Hall–Kier alpha value is -3.05. The van der Waals surface area contributed by atoms with Gasteiger partial charge in [0.15, 0.2) is 5.82 Å². The average molecular weight is 366 g/mol. The number of thioether (sulfide) groups is 1. The topological polar surface area (TPSA) is 103 Å². The first-order chi connectivity index (χ1) is 12.4. The van der Waals surface area contributed by atoms with Crippen LogP contribution >= 0.6 is 11.8 Å². The van der Waals surface area contributed by atoms with Gasteiger partial charge in [-0.25, -0.2) is 4.98 Å². The molecular weight excluding hydrogens is 348 g/mol. The predicted octanol–water partition coefficient (Wildman–Crippen LogP) is 3.56. The van der Waals surface area contributed by atoms with Crippen LogP contribution in [0.4, 0.5) is 5.82 Å². The van der Waals surface area contributed by atoms with Gasteiger partial charge in [-0.15, -0.1) is 11.8 Å². The van der Waals surface area contributed by atoms with Gasteiger partial charge in [0, 0.05) is 6.07 Å². The number of hydrogen-bond donors (Lipinski definition) is 1. The molecule has 0 saturated carbocycles. The molecular formula is C18H18N6OS. The third-order valence-corrected chi connectivity index (χ3v) is 4.30. The predicted molar refractivity (Wildman–Crippen MR) is 101 cm³/mol. The van der Waals surface area contributed by atoms with Crippen LogP contribution in [0.3, 0.4) is 0 Å². The van der Waals surface area contributed by atoms with E-state index in [-0.39, 0.29) is 5.82 Å². The van der Waals surface area contributed by atoms with Crippen molar-refractivity contribution in [2.45, 2.75) is 25.8 Å². The molecule has 0 saturated heterocycles. The lowest BCUT2D eigenvalue weighted by molar-refractivity contribution is 0.458. The fourth-order valence-electron chi connectivity index (χ4n) is 2.63. The first-order valence-electron chi connectivity index (χ1n) is 7.86. The molecule has 2 heterocycles. The second-order valence-electron chi connectivity index (χ2n) is 5.83. The summed E-state index contributed by atoms with van der Waals surface area (Å²) in [6.45, 7) is 5.78. The van der Waals surface area contributed by atoms with Gasteiger partial charge in [-0.3, -0.25) is 0 Å². The lowest BCUT2D eigenvalue weighted by atomic mass is 10.1. The molecule has 0 fully saturated rings. The second-order valence-corrected chi connectivity index (χ2v) is 6.63. The maximum Gasteiger partial charge on any atom is 0.224 e. The standard InChI is InChI=1S/C18H18N6OS/c1-10-5-11(2)7-13(6-10)25-16-8-15(21-12(3)22-16)24-17(20)14(9-19)18(23-24)26-4/h5-8H,20H2,1-4H3. The first kappa shape index (κ1) is 17.8. The molecule has 0 atom stereocenters. The minimum absolute atomic E-state index is 0.243. The number of aromatic nitrogens is 4. The zero-order chi connectivity index (χ0) is 18.8. The number of nitrogens with zero attached hydrogens (tertiary/aromatic N) is 5.